The molecule has 2 aromatic carbocycles. The fraction of sp³-hybridized carbons (Fsp3) is 0.269. The molecule has 0 spiro atoms. The van der Waals surface area contributed by atoms with Gasteiger partial charge in [0.25, 0.3) is 0 Å². The van der Waals surface area contributed by atoms with E-state index in [-0.39, 0.29) is 28.4 Å². The van der Waals surface area contributed by atoms with Crippen LogP contribution in [0, 0.1) is 5.82 Å². The van der Waals surface area contributed by atoms with Crippen LogP contribution in [0.4, 0.5) is 4.39 Å². The largest absolute Gasteiger partial charge is 0.392 e. The lowest BCUT2D eigenvalue weighted by molar-refractivity contribution is 0.0743. The zero-order valence-corrected chi connectivity index (χ0v) is 22.2. The number of alkyl halides is 1. The van der Waals surface area contributed by atoms with Crippen LogP contribution in [-0.4, -0.2) is 45.3 Å². The highest BCUT2D eigenvalue weighted by atomic mass is 35.5. The molecule has 1 atom stereocenters. The van der Waals surface area contributed by atoms with E-state index < -0.39 is 32.1 Å². The summed E-state index contributed by atoms with van der Waals surface area (Å²) in [4.78, 5) is 4.49. The van der Waals surface area contributed by atoms with Crippen LogP contribution in [0.25, 0.3) is 22.6 Å². The van der Waals surface area contributed by atoms with Gasteiger partial charge in [-0.3, -0.25) is 4.57 Å². The number of benzene rings is 2. The molecule has 1 unspecified atom stereocenters. The van der Waals surface area contributed by atoms with Crippen molar-refractivity contribution in [2.75, 3.05) is 12.9 Å². The molecule has 1 aliphatic rings. The number of aliphatic hydroxyl groups is 2. The first-order valence-electron chi connectivity index (χ1n) is 11.0. The number of allylic oxidation sites excluding steroid dienone is 3. The van der Waals surface area contributed by atoms with Crippen LogP contribution in [0.15, 0.2) is 66.4 Å². The van der Waals surface area contributed by atoms with Gasteiger partial charge in [-0.05, 0) is 54.8 Å². The highest BCUT2D eigenvalue weighted by Gasteiger charge is 2.44. The van der Waals surface area contributed by atoms with Crippen molar-refractivity contribution in [1.82, 2.24) is 9.55 Å². The number of hydrogen-bond donors (Lipinski definition) is 2. The van der Waals surface area contributed by atoms with Crippen molar-refractivity contribution in [1.29, 1.82) is 0 Å². The molecule has 1 heterocycles. The Morgan fingerprint density at radius 1 is 1.17 bits per heavy atom. The van der Waals surface area contributed by atoms with Crippen molar-refractivity contribution >= 4 is 38.6 Å². The first-order chi connectivity index (χ1) is 16.8. The van der Waals surface area contributed by atoms with Gasteiger partial charge in [0.05, 0.1) is 22.9 Å². The fourth-order valence-electron chi connectivity index (χ4n) is 4.08. The summed E-state index contributed by atoms with van der Waals surface area (Å²) < 4.78 is 39.5. The van der Waals surface area contributed by atoms with Crippen LogP contribution in [0.2, 0.25) is 5.02 Å². The van der Waals surface area contributed by atoms with Gasteiger partial charge in [0, 0.05) is 24.6 Å². The van der Waals surface area contributed by atoms with E-state index in [2.05, 4.69) is 4.98 Å². The predicted octanol–water partition coefficient (Wildman–Crippen LogP) is 5.24. The van der Waals surface area contributed by atoms with Crippen molar-refractivity contribution in [3.05, 3.63) is 88.5 Å². The predicted molar refractivity (Wildman–Crippen MR) is 140 cm³/mol. The molecule has 0 radical (unpaired) electrons. The maximum Gasteiger partial charge on any atom is 0.172 e. The number of aliphatic hydroxyl groups excluding tert-OH is 1. The molecule has 0 bridgehead atoms. The van der Waals surface area contributed by atoms with Gasteiger partial charge in [-0.1, -0.05) is 53.6 Å². The monoisotopic (exact) mass is 550 g/mol. The summed E-state index contributed by atoms with van der Waals surface area (Å²) in [7, 11) is -3.72. The van der Waals surface area contributed by atoms with Crippen LogP contribution < -0.4 is 0 Å². The Bertz CT molecular complexity index is 1470. The second-order valence-electron chi connectivity index (χ2n) is 9.24. The normalized spacial score (nSPS) is 18.7. The zero-order chi connectivity index (χ0) is 26.5. The standard InChI is InChI=1S/C26H25Cl2FN2O4S/c1-25(2,33)22-14-31(24(30-22)23-20(27)5-4-6-21(23)29)19-11-8-16(9-12-19)17-7-10-18(15-32)26(28,13-17)36(3,34)35/h4-12,14,32-33H,13,15H2,1-3H3. The minimum atomic E-state index is -3.72. The highest BCUT2D eigenvalue weighted by Crippen LogP contribution is 2.43. The molecule has 4 rings (SSSR count). The van der Waals surface area contributed by atoms with Gasteiger partial charge >= 0.3 is 0 Å². The quantitative estimate of drug-likeness (QED) is 0.409. The average Bonchev–Trinajstić information content (AvgIpc) is 3.24. The Morgan fingerprint density at radius 2 is 1.83 bits per heavy atom. The Balaban J connectivity index is 1.79. The number of sulfone groups is 1. The topological polar surface area (TPSA) is 92.4 Å². The lowest BCUT2D eigenvalue weighted by Crippen LogP contribution is -2.37. The van der Waals surface area contributed by atoms with Crippen molar-refractivity contribution in [3.63, 3.8) is 0 Å². The minimum Gasteiger partial charge on any atom is -0.392 e. The number of rotatable bonds is 6. The van der Waals surface area contributed by atoms with Gasteiger partial charge in [0.2, 0.25) is 0 Å². The summed E-state index contributed by atoms with van der Waals surface area (Å²) in [6, 6.07) is 11.5. The molecule has 36 heavy (non-hydrogen) atoms. The molecular formula is C26H25Cl2FN2O4S. The number of halogens is 3. The van der Waals surface area contributed by atoms with E-state index >= 15 is 0 Å². The Kier molecular flexibility index (Phi) is 6.96. The van der Waals surface area contributed by atoms with Gasteiger partial charge < -0.3 is 10.2 Å². The molecule has 6 nitrogen and oxygen atoms in total. The second kappa shape index (κ2) is 9.43. The molecule has 190 valence electrons. The van der Waals surface area contributed by atoms with Gasteiger partial charge in [0.1, 0.15) is 17.2 Å². The highest BCUT2D eigenvalue weighted by molar-refractivity contribution is 7.93. The molecule has 0 saturated heterocycles. The Labute approximate surface area is 219 Å². The number of hydrogen-bond acceptors (Lipinski definition) is 5. The molecular weight excluding hydrogens is 526 g/mol. The third kappa shape index (κ3) is 4.76. The van der Waals surface area contributed by atoms with Crippen LogP contribution >= 0.6 is 23.2 Å². The summed E-state index contributed by atoms with van der Waals surface area (Å²) in [6.07, 6.45) is 5.93. The third-order valence-corrected chi connectivity index (χ3v) is 9.29. The van der Waals surface area contributed by atoms with Gasteiger partial charge in [0.15, 0.2) is 14.0 Å². The van der Waals surface area contributed by atoms with E-state index in [1.165, 1.54) is 18.2 Å². The van der Waals surface area contributed by atoms with Crippen molar-refractivity contribution in [2.24, 2.45) is 0 Å². The van der Waals surface area contributed by atoms with Crippen LogP contribution in [-0.2, 0) is 15.4 Å². The van der Waals surface area contributed by atoms with Gasteiger partial charge in [-0.25, -0.2) is 17.8 Å². The maximum absolute atomic E-state index is 14.8. The number of aromatic nitrogens is 2. The molecule has 0 fully saturated rings. The number of nitrogens with zero attached hydrogens (tertiary/aromatic N) is 2. The van der Waals surface area contributed by atoms with Gasteiger partial charge in [-0.2, -0.15) is 0 Å². The summed E-state index contributed by atoms with van der Waals surface area (Å²) in [5.74, 6) is -0.321. The first-order valence-corrected chi connectivity index (χ1v) is 13.7. The molecule has 10 heteroatoms. The van der Waals surface area contributed by atoms with E-state index in [4.69, 9.17) is 23.2 Å². The van der Waals surface area contributed by atoms with E-state index in [1.54, 1.807) is 61.0 Å². The zero-order valence-electron chi connectivity index (χ0n) is 19.8. The Hall–Kier alpha value is -2.49. The van der Waals surface area contributed by atoms with Crippen LogP contribution in [0.5, 0.6) is 0 Å². The summed E-state index contributed by atoms with van der Waals surface area (Å²) in [5, 5.41) is 20.3. The van der Waals surface area contributed by atoms with Crippen molar-refractivity contribution in [3.8, 4) is 17.1 Å². The van der Waals surface area contributed by atoms with Crippen molar-refractivity contribution in [2.45, 2.75) is 30.1 Å². The fourth-order valence-corrected chi connectivity index (χ4v) is 5.62. The summed E-state index contributed by atoms with van der Waals surface area (Å²) in [5.41, 5.74) is 1.41. The molecule has 1 aromatic heterocycles. The van der Waals surface area contributed by atoms with E-state index in [0.29, 0.717) is 17.0 Å². The average molecular weight is 551 g/mol. The molecule has 0 aliphatic heterocycles. The molecule has 3 aromatic rings. The Morgan fingerprint density at radius 3 is 2.39 bits per heavy atom. The van der Waals surface area contributed by atoms with E-state index in [0.717, 1.165) is 11.8 Å². The number of imidazole rings is 1. The van der Waals surface area contributed by atoms with Gasteiger partial charge in [-0.15, -0.1) is 0 Å². The van der Waals surface area contributed by atoms with E-state index in [9.17, 15) is 23.0 Å². The summed E-state index contributed by atoms with van der Waals surface area (Å²) in [6.45, 7) is 2.70. The second-order valence-corrected chi connectivity index (χ2v) is 12.8. The summed E-state index contributed by atoms with van der Waals surface area (Å²) >= 11 is 12.8. The third-order valence-electron chi connectivity index (χ3n) is 6.18. The molecule has 0 saturated carbocycles. The molecule has 1 aliphatic carbocycles. The van der Waals surface area contributed by atoms with Crippen LogP contribution in [0.3, 0.4) is 0 Å². The van der Waals surface area contributed by atoms with Crippen LogP contribution in [0.1, 0.15) is 31.5 Å². The molecule has 0 amide bonds. The maximum atomic E-state index is 14.8. The van der Waals surface area contributed by atoms with Crippen molar-refractivity contribution < 1.29 is 23.0 Å². The SMILES string of the molecule is CC(C)(O)c1cn(-c2ccc(C3=CC=C(CO)C(Cl)(S(C)(=O)=O)C3)cc2)c(-c2c(F)cccc2Cl)n1. The lowest BCUT2D eigenvalue weighted by Gasteiger charge is -2.31. The lowest BCUT2D eigenvalue weighted by atomic mass is 9.92. The molecule has 2 N–H and O–H groups in total. The first kappa shape index (κ1) is 26.6. The minimum absolute atomic E-state index is 0.0108. The smallest absolute Gasteiger partial charge is 0.172 e. The van der Waals surface area contributed by atoms with E-state index in [1.807, 2.05) is 0 Å².